The van der Waals surface area contributed by atoms with E-state index in [0.29, 0.717) is 12.8 Å². The van der Waals surface area contributed by atoms with Crippen molar-refractivity contribution in [2.75, 3.05) is 0 Å². The Balaban J connectivity index is -0.000000102. The van der Waals surface area contributed by atoms with E-state index in [1.165, 1.54) is 32.1 Å². The van der Waals surface area contributed by atoms with Gasteiger partial charge in [-0.3, -0.25) is 9.59 Å². The van der Waals surface area contributed by atoms with E-state index >= 15 is 0 Å². The number of carboxylic acids is 2. The number of rotatable bonds is 20. The lowest BCUT2D eigenvalue weighted by Gasteiger charge is -2.00. The Bertz CT molecular complexity index is 457. The Morgan fingerprint density at radius 1 is 0.378 bits per heavy atom. The van der Waals surface area contributed by atoms with E-state index in [9.17, 15) is 9.59 Å². The van der Waals surface area contributed by atoms with Gasteiger partial charge in [0.05, 0.1) is 30.8 Å². The zero-order valence-electron chi connectivity index (χ0n) is 29.8. The third-order valence-electron chi connectivity index (χ3n) is 5.49. The van der Waals surface area contributed by atoms with Crippen LogP contribution in [0.25, 0.3) is 0 Å². The molecule has 0 aliphatic heterocycles. The van der Waals surface area contributed by atoms with Crippen LogP contribution in [0.15, 0.2) is 0 Å². The van der Waals surface area contributed by atoms with Crippen LogP contribution >= 0.6 is 0 Å². The van der Waals surface area contributed by atoms with Crippen molar-refractivity contribution in [1.82, 2.24) is 0 Å². The Labute approximate surface area is 276 Å². The van der Waals surface area contributed by atoms with Crippen LogP contribution in [-0.4, -0.2) is 53.0 Å². The van der Waals surface area contributed by atoms with Crippen LogP contribution < -0.4 is 57.3 Å². The normalized spacial score (nSPS) is 10.0. The Kier molecular flexibility index (Phi) is 61.4. The van der Waals surface area contributed by atoms with E-state index in [2.05, 4.69) is 34.6 Å². The van der Waals surface area contributed by atoms with Crippen LogP contribution in [0.2, 0.25) is 0 Å². The van der Waals surface area contributed by atoms with Crippen LogP contribution in [0.4, 0.5) is 0 Å². The first-order valence-electron chi connectivity index (χ1n) is 17.0. The van der Waals surface area contributed by atoms with Gasteiger partial charge in [0.2, 0.25) is 0 Å². The fourth-order valence-electron chi connectivity index (χ4n) is 2.75. The molecule has 45 heavy (non-hydrogen) atoms. The molecule has 0 amide bonds. The van der Waals surface area contributed by atoms with E-state index in [0.717, 1.165) is 64.2 Å². The number of nitrogens with two attached hydrogens (primary N) is 10. The number of hydrogen-bond donors (Lipinski definition) is 12. The fourth-order valence-corrected chi connectivity index (χ4v) is 2.75. The summed E-state index contributed by atoms with van der Waals surface area (Å²) in [6.45, 7) is 10.6. The molecular formula is C31H80N10O4. The summed E-state index contributed by atoms with van der Waals surface area (Å²) in [5.74, 6) is -1.74. The molecule has 14 heteroatoms. The summed E-state index contributed by atoms with van der Waals surface area (Å²) in [6, 6.07) is 0. The van der Waals surface area contributed by atoms with Gasteiger partial charge in [-0.2, -0.15) is 0 Å². The zero-order valence-corrected chi connectivity index (χ0v) is 29.8. The van der Waals surface area contributed by atoms with Gasteiger partial charge in [-0.05, 0) is 44.9 Å². The van der Waals surface area contributed by atoms with Crippen molar-refractivity contribution in [3.8, 4) is 0 Å². The molecule has 0 bridgehead atoms. The maximum absolute atomic E-state index is 9.90. The number of carboxylic acid groups (broad SMARTS) is 2. The van der Waals surface area contributed by atoms with Gasteiger partial charge in [-0.15, -0.1) is 0 Å². The molecule has 14 nitrogen and oxygen atoms in total. The third-order valence-corrected chi connectivity index (χ3v) is 5.49. The first-order valence-corrected chi connectivity index (χ1v) is 17.0. The van der Waals surface area contributed by atoms with Gasteiger partial charge in [0.1, 0.15) is 0 Å². The number of aliphatic carboxylic acids is 2. The Hall–Kier alpha value is -1.46. The molecule has 22 N–H and O–H groups in total. The van der Waals surface area contributed by atoms with Crippen molar-refractivity contribution in [2.45, 2.75) is 187 Å². The summed E-state index contributed by atoms with van der Waals surface area (Å²) < 4.78 is 0. The predicted octanol–water partition coefficient (Wildman–Crippen LogP) is 2.82. The van der Waals surface area contributed by atoms with Crippen molar-refractivity contribution < 1.29 is 19.8 Å². The van der Waals surface area contributed by atoms with Crippen LogP contribution in [0.5, 0.6) is 0 Å². The minimum Gasteiger partial charge on any atom is -0.481 e. The molecule has 0 atom stereocenters. The van der Waals surface area contributed by atoms with Gasteiger partial charge in [-0.1, -0.05) is 98.8 Å². The number of unbranched alkanes of at least 4 members (excludes halogenated alkanes) is 6. The summed E-state index contributed by atoms with van der Waals surface area (Å²) in [5, 5.41) is 16.3. The van der Waals surface area contributed by atoms with Crippen LogP contribution in [0.3, 0.4) is 0 Å². The van der Waals surface area contributed by atoms with Gasteiger partial charge in [0.25, 0.3) is 0 Å². The van der Waals surface area contributed by atoms with Gasteiger partial charge < -0.3 is 67.5 Å². The summed E-state index contributed by atoms with van der Waals surface area (Å²) in [4.78, 5) is 19.8. The van der Waals surface area contributed by atoms with Crippen LogP contribution in [-0.2, 0) is 9.59 Å². The topological polar surface area (TPSA) is 335 Å². The van der Waals surface area contributed by atoms with Gasteiger partial charge in [0, 0.05) is 12.8 Å². The van der Waals surface area contributed by atoms with E-state index in [1.807, 2.05) is 0 Å². The highest BCUT2D eigenvalue weighted by molar-refractivity contribution is 5.67. The van der Waals surface area contributed by atoms with Crippen molar-refractivity contribution in [3.05, 3.63) is 0 Å². The molecule has 0 fully saturated rings. The van der Waals surface area contributed by atoms with Gasteiger partial charge >= 0.3 is 11.9 Å². The lowest BCUT2D eigenvalue weighted by molar-refractivity contribution is -0.139. The van der Waals surface area contributed by atoms with Gasteiger partial charge in [0.15, 0.2) is 0 Å². The smallest absolute Gasteiger partial charge is 0.303 e. The van der Waals surface area contributed by atoms with Gasteiger partial charge in [-0.25, -0.2) is 0 Å². The van der Waals surface area contributed by atoms with Crippen molar-refractivity contribution in [2.24, 2.45) is 57.3 Å². The molecule has 0 aromatic rings. The first-order chi connectivity index (χ1) is 21.0. The standard InChI is InChI=1S/C6H10O4.5C5H14N2/c7-5(8)3-1-2-4-6(9)10;5*1-2-3-4-5(6)7/h1-4H2,(H,7,8)(H,9,10);5*5H,2-4,6-7H2,1H3. The molecule has 0 heterocycles. The largest absolute Gasteiger partial charge is 0.481 e. The molecule has 278 valence electrons. The predicted molar refractivity (Wildman–Crippen MR) is 192 cm³/mol. The minimum absolute atomic E-state index is 0.0628. The van der Waals surface area contributed by atoms with E-state index < -0.39 is 11.9 Å². The molecule has 0 saturated heterocycles. The average Bonchev–Trinajstić information content (AvgIpc) is 2.95. The molecule has 0 spiro atoms. The van der Waals surface area contributed by atoms with Crippen LogP contribution in [0, 0.1) is 0 Å². The fraction of sp³-hybridized carbons (Fsp3) is 0.935. The Morgan fingerprint density at radius 3 is 0.600 bits per heavy atom. The highest BCUT2D eigenvalue weighted by Crippen LogP contribution is 1.99. The monoisotopic (exact) mass is 657 g/mol. The second-order valence-corrected chi connectivity index (χ2v) is 11.0. The summed E-state index contributed by atoms with van der Waals surface area (Å²) in [5.41, 5.74) is 52.6. The second-order valence-electron chi connectivity index (χ2n) is 11.0. The van der Waals surface area contributed by atoms with Crippen molar-refractivity contribution in [3.63, 3.8) is 0 Å². The van der Waals surface area contributed by atoms with Crippen LogP contribution in [0.1, 0.15) is 157 Å². The highest BCUT2D eigenvalue weighted by atomic mass is 16.4. The molecular weight excluding hydrogens is 576 g/mol. The maximum atomic E-state index is 9.90. The SMILES string of the molecule is CCCCC(N)N.CCCCC(N)N.CCCCC(N)N.CCCCC(N)N.CCCCC(N)N.O=C(O)CCCCC(=O)O. The Morgan fingerprint density at radius 2 is 0.533 bits per heavy atom. The number of hydrogen-bond acceptors (Lipinski definition) is 12. The molecule has 0 radical (unpaired) electrons. The quantitative estimate of drug-likeness (QED) is 0.0662. The van der Waals surface area contributed by atoms with Crippen molar-refractivity contribution in [1.29, 1.82) is 0 Å². The molecule has 0 aliphatic rings. The number of carbonyl (C=O) groups is 2. The second kappa shape index (κ2) is 49.4. The van der Waals surface area contributed by atoms with E-state index in [4.69, 9.17) is 67.5 Å². The van der Waals surface area contributed by atoms with E-state index in [-0.39, 0.29) is 43.7 Å². The molecule has 0 aromatic carbocycles. The highest BCUT2D eigenvalue weighted by Gasteiger charge is 1.99. The average molecular weight is 657 g/mol. The molecule has 0 aliphatic carbocycles. The molecule has 0 aromatic heterocycles. The molecule has 0 saturated carbocycles. The molecule has 0 rings (SSSR count). The lowest BCUT2D eigenvalue weighted by atomic mass is 10.2. The van der Waals surface area contributed by atoms with E-state index in [1.54, 1.807) is 0 Å². The zero-order chi connectivity index (χ0) is 36.5. The third kappa shape index (κ3) is 107. The van der Waals surface area contributed by atoms with Crippen molar-refractivity contribution >= 4 is 11.9 Å². The first kappa shape index (κ1) is 55.9. The molecule has 0 unspecified atom stereocenters. The summed E-state index contributed by atoms with van der Waals surface area (Å²) >= 11 is 0. The lowest BCUT2D eigenvalue weighted by Crippen LogP contribution is -2.29. The maximum Gasteiger partial charge on any atom is 0.303 e. The summed E-state index contributed by atoms with van der Waals surface area (Å²) in [6.07, 6.45) is 17.0. The minimum atomic E-state index is -0.870. The summed E-state index contributed by atoms with van der Waals surface area (Å²) in [7, 11) is 0.